The summed E-state index contributed by atoms with van der Waals surface area (Å²) >= 11 is 1.70. The van der Waals surface area contributed by atoms with Crippen LogP contribution in [0.1, 0.15) is 44.9 Å². The van der Waals surface area contributed by atoms with Crippen LogP contribution in [0.2, 0.25) is 0 Å². The Hall–Kier alpha value is -0.870. The minimum Gasteiger partial charge on any atom is -0.335 e. The highest BCUT2D eigenvalue weighted by Crippen LogP contribution is 2.39. The maximum absolute atomic E-state index is 12.9. The maximum atomic E-state index is 12.9. The first-order chi connectivity index (χ1) is 8.95. The molecule has 1 heterocycles. The van der Waals surface area contributed by atoms with Gasteiger partial charge in [0.1, 0.15) is 0 Å². The first kappa shape index (κ1) is 14.5. The van der Waals surface area contributed by atoms with Crippen LogP contribution in [0.4, 0.5) is 0 Å². The average molecular weight is 280 g/mol. The molecule has 0 spiro atoms. The zero-order chi connectivity index (χ0) is 14.0. The van der Waals surface area contributed by atoms with Crippen LogP contribution in [-0.2, 0) is 11.3 Å². The SMILES string of the molecule is CC(C)N(Cc1cccs1)C(=O)C1(C)CCCC1N. The molecule has 1 saturated carbocycles. The monoisotopic (exact) mass is 280 g/mol. The third-order valence-electron chi connectivity index (χ3n) is 4.31. The Labute approximate surface area is 119 Å². The van der Waals surface area contributed by atoms with E-state index in [4.69, 9.17) is 5.73 Å². The third-order valence-corrected chi connectivity index (χ3v) is 5.17. The molecule has 1 aromatic rings. The van der Waals surface area contributed by atoms with E-state index in [1.54, 1.807) is 11.3 Å². The van der Waals surface area contributed by atoms with Crippen LogP contribution >= 0.6 is 11.3 Å². The van der Waals surface area contributed by atoms with Gasteiger partial charge in [0, 0.05) is 17.0 Å². The molecule has 1 aliphatic rings. The fourth-order valence-corrected chi connectivity index (χ4v) is 3.55. The highest BCUT2D eigenvalue weighted by atomic mass is 32.1. The lowest BCUT2D eigenvalue weighted by molar-refractivity contribution is -0.144. The molecule has 4 heteroatoms. The number of carbonyl (C=O) groups excluding carboxylic acids is 1. The quantitative estimate of drug-likeness (QED) is 0.921. The van der Waals surface area contributed by atoms with Crippen molar-refractivity contribution in [2.24, 2.45) is 11.1 Å². The van der Waals surface area contributed by atoms with Gasteiger partial charge in [-0.3, -0.25) is 4.79 Å². The number of rotatable bonds is 4. The van der Waals surface area contributed by atoms with Gasteiger partial charge in [0.2, 0.25) is 5.91 Å². The lowest BCUT2D eigenvalue weighted by Crippen LogP contribution is -2.51. The van der Waals surface area contributed by atoms with E-state index in [1.807, 2.05) is 17.9 Å². The van der Waals surface area contributed by atoms with Crippen molar-refractivity contribution in [1.82, 2.24) is 4.90 Å². The molecule has 3 nitrogen and oxygen atoms in total. The molecule has 2 N–H and O–H groups in total. The predicted octanol–water partition coefficient (Wildman–Crippen LogP) is 3.00. The van der Waals surface area contributed by atoms with Crippen molar-refractivity contribution >= 4 is 17.2 Å². The van der Waals surface area contributed by atoms with Crippen molar-refractivity contribution in [1.29, 1.82) is 0 Å². The van der Waals surface area contributed by atoms with Gasteiger partial charge in [0.05, 0.1) is 12.0 Å². The van der Waals surface area contributed by atoms with Gasteiger partial charge in [0.25, 0.3) is 0 Å². The minimum atomic E-state index is -0.373. The van der Waals surface area contributed by atoms with E-state index in [0.717, 1.165) is 19.3 Å². The summed E-state index contributed by atoms with van der Waals surface area (Å²) in [6.45, 7) is 6.90. The minimum absolute atomic E-state index is 0.00425. The van der Waals surface area contributed by atoms with E-state index in [1.165, 1.54) is 4.88 Å². The number of amides is 1. The smallest absolute Gasteiger partial charge is 0.230 e. The molecular weight excluding hydrogens is 256 g/mol. The maximum Gasteiger partial charge on any atom is 0.230 e. The molecule has 1 fully saturated rings. The summed E-state index contributed by atoms with van der Waals surface area (Å²) in [5, 5.41) is 2.06. The fourth-order valence-electron chi connectivity index (χ4n) is 2.85. The topological polar surface area (TPSA) is 46.3 Å². The predicted molar refractivity (Wildman–Crippen MR) is 79.9 cm³/mol. The Kier molecular flexibility index (Phi) is 4.31. The van der Waals surface area contributed by atoms with Crippen LogP contribution in [0.25, 0.3) is 0 Å². The van der Waals surface area contributed by atoms with Gasteiger partial charge in [-0.15, -0.1) is 11.3 Å². The highest BCUT2D eigenvalue weighted by Gasteiger charge is 2.45. The van der Waals surface area contributed by atoms with Gasteiger partial charge >= 0.3 is 0 Å². The molecular formula is C15H24N2OS. The van der Waals surface area contributed by atoms with E-state index in [0.29, 0.717) is 6.54 Å². The lowest BCUT2D eigenvalue weighted by Gasteiger charge is -2.36. The average Bonchev–Trinajstić information content (AvgIpc) is 2.97. The number of nitrogens with zero attached hydrogens (tertiary/aromatic N) is 1. The Morgan fingerprint density at radius 1 is 1.63 bits per heavy atom. The van der Waals surface area contributed by atoms with Crippen LogP contribution in [0.15, 0.2) is 17.5 Å². The molecule has 2 unspecified atom stereocenters. The Morgan fingerprint density at radius 2 is 2.37 bits per heavy atom. The van der Waals surface area contributed by atoms with Gasteiger partial charge in [0.15, 0.2) is 0 Å². The molecule has 0 bridgehead atoms. The van der Waals surface area contributed by atoms with E-state index >= 15 is 0 Å². The van der Waals surface area contributed by atoms with Crippen molar-refractivity contribution in [2.45, 2.75) is 58.7 Å². The van der Waals surface area contributed by atoms with E-state index < -0.39 is 0 Å². The second-order valence-corrected chi connectivity index (χ2v) is 7.05. The summed E-state index contributed by atoms with van der Waals surface area (Å²) in [4.78, 5) is 16.1. The largest absolute Gasteiger partial charge is 0.335 e. The van der Waals surface area contributed by atoms with E-state index in [-0.39, 0.29) is 23.4 Å². The lowest BCUT2D eigenvalue weighted by atomic mass is 9.83. The molecule has 0 saturated heterocycles. The molecule has 2 atom stereocenters. The van der Waals surface area contributed by atoms with Crippen molar-refractivity contribution in [2.75, 3.05) is 0 Å². The summed E-state index contributed by atoms with van der Waals surface area (Å²) in [5.41, 5.74) is 5.81. The fraction of sp³-hybridized carbons (Fsp3) is 0.667. The first-order valence-corrected chi connectivity index (χ1v) is 7.92. The molecule has 106 valence electrons. The summed E-state index contributed by atoms with van der Waals surface area (Å²) in [5.74, 6) is 0.223. The zero-order valence-electron chi connectivity index (χ0n) is 12.1. The van der Waals surface area contributed by atoms with Crippen molar-refractivity contribution in [3.63, 3.8) is 0 Å². The van der Waals surface area contributed by atoms with Gasteiger partial charge in [-0.2, -0.15) is 0 Å². The van der Waals surface area contributed by atoms with Crippen LogP contribution < -0.4 is 5.73 Å². The van der Waals surface area contributed by atoms with E-state index in [9.17, 15) is 4.79 Å². The molecule has 0 aromatic carbocycles. The van der Waals surface area contributed by atoms with Crippen LogP contribution in [0, 0.1) is 5.41 Å². The van der Waals surface area contributed by atoms with Gasteiger partial charge in [-0.05, 0) is 45.1 Å². The number of nitrogens with two attached hydrogens (primary N) is 1. The number of hydrogen-bond donors (Lipinski definition) is 1. The molecule has 1 aromatic heterocycles. The first-order valence-electron chi connectivity index (χ1n) is 7.04. The van der Waals surface area contributed by atoms with Gasteiger partial charge in [-0.25, -0.2) is 0 Å². The Bertz CT molecular complexity index is 429. The van der Waals surface area contributed by atoms with Crippen molar-refractivity contribution < 1.29 is 4.79 Å². The van der Waals surface area contributed by atoms with Gasteiger partial charge in [-0.1, -0.05) is 12.5 Å². The van der Waals surface area contributed by atoms with E-state index in [2.05, 4.69) is 25.3 Å². The zero-order valence-corrected chi connectivity index (χ0v) is 12.9. The Morgan fingerprint density at radius 3 is 2.84 bits per heavy atom. The van der Waals surface area contributed by atoms with Crippen molar-refractivity contribution in [3.05, 3.63) is 22.4 Å². The third kappa shape index (κ3) is 2.84. The highest BCUT2D eigenvalue weighted by molar-refractivity contribution is 7.09. The van der Waals surface area contributed by atoms with Gasteiger partial charge < -0.3 is 10.6 Å². The molecule has 1 amide bonds. The molecule has 0 radical (unpaired) electrons. The second-order valence-electron chi connectivity index (χ2n) is 6.02. The second kappa shape index (κ2) is 5.63. The number of carbonyl (C=O) groups is 1. The van der Waals surface area contributed by atoms with Crippen LogP contribution in [0.5, 0.6) is 0 Å². The molecule has 2 rings (SSSR count). The standard InChI is InChI=1S/C15H24N2OS/c1-11(2)17(10-12-6-5-9-19-12)14(18)15(3)8-4-7-13(15)16/h5-6,9,11,13H,4,7-8,10,16H2,1-3H3. The summed E-state index contributed by atoms with van der Waals surface area (Å²) in [6.07, 6.45) is 2.95. The van der Waals surface area contributed by atoms with Crippen LogP contribution in [-0.4, -0.2) is 22.9 Å². The Balaban J connectivity index is 2.17. The number of thiophene rings is 1. The normalized spacial score (nSPS) is 26.9. The summed E-state index contributed by atoms with van der Waals surface area (Å²) in [7, 11) is 0. The van der Waals surface area contributed by atoms with Crippen LogP contribution in [0.3, 0.4) is 0 Å². The molecule has 19 heavy (non-hydrogen) atoms. The summed E-state index contributed by atoms with van der Waals surface area (Å²) in [6, 6.07) is 4.33. The molecule has 0 aliphatic heterocycles. The summed E-state index contributed by atoms with van der Waals surface area (Å²) < 4.78 is 0. The van der Waals surface area contributed by atoms with Crippen molar-refractivity contribution in [3.8, 4) is 0 Å². The number of hydrogen-bond acceptors (Lipinski definition) is 3. The molecule has 1 aliphatic carbocycles.